The highest BCUT2D eigenvalue weighted by Gasteiger charge is 2.45. The summed E-state index contributed by atoms with van der Waals surface area (Å²) in [6, 6.07) is 7.30. The molecule has 0 heterocycles. The van der Waals surface area contributed by atoms with Crippen LogP contribution in [0.15, 0.2) is 24.3 Å². The Bertz CT molecular complexity index is 538. The zero-order chi connectivity index (χ0) is 17.5. The van der Waals surface area contributed by atoms with E-state index in [2.05, 4.69) is 6.92 Å². The maximum absolute atomic E-state index is 12.4. The number of rotatable bonds is 9. The highest BCUT2D eigenvalue weighted by molar-refractivity contribution is 6.05. The minimum absolute atomic E-state index is 0.297. The Hall–Kier alpha value is -1.84. The smallest absolute Gasteiger partial charge is 0.328 e. The summed E-state index contributed by atoms with van der Waals surface area (Å²) in [7, 11) is 0. The molecule has 0 aliphatic carbocycles. The molecule has 4 heteroatoms. The van der Waals surface area contributed by atoms with Gasteiger partial charge >= 0.3 is 11.9 Å². The molecule has 0 aromatic heterocycles. The molecule has 0 radical (unpaired) electrons. The predicted octanol–water partition coefficient (Wildman–Crippen LogP) is 4.10. The van der Waals surface area contributed by atoms with Crippen LogP contribution in [0.2, 0.25) is 0 Å². The summed E-state index contributed by atoms with van der Waals surface area (Å²) in [5.41, 5.74) is -0.142. The number of carbonyl (C=O) groups is 2. The number of esters is 1. The molecule has 2 unspecified atom stereocenters. The lowest BCUT2D eigenvalue weighted by Gasteiger charge is -2.25. The van der Waals surface area contributed by atoms with Crippen LogP contribution in [0.5, 0.6) is 0 Å². The Balaban J connectivity index is 3.07. The van der Waals surface area contributed by atoms with E-state index in [9.17, 15) is 14.7 Å². The topological polar surface area (TPSA) is 63.6 Å². The van der Waals surface area contributed by atoms with Gasteiger partial charge in [0.2, 0.25) is 0 Å². The molecule has 4 nitrogen and oxygen atoms in total. The molecular formula is C19H28O4. The zero-order valence-electron chi connectivity index (χ0n) is 14.6. The Labute approximate surface area is 138 Å². The molecule has 23 heavy (non-hydrogen) atoms. The van der Waals surface area contributed by atoms with Crippen molar-refractivity contribution in [2.24, 2.45) is 0 Å². The molecule has 0 saturated heterocycles. The van der Waals surface area contributed by atoms with Gasteiger partial charge in [0.25, 0.3) is 0 Å². The first kappa shape index (κ1) is 19.2. The number of unbranched alkanes of at least 4 members (excludes halogenated alkanes) is 2. The Morgan fingerprint density at radius 1 is 1.26 bits per heavy atom. The molecular weight excluding hydrogens is 292 g/mol. The number of hydrogen-bond acceptors (Lipinski definition) is 3. The number of benzene rings is 1. The SMILES string of the molecule is CCCCCc1cccc(C(C)(C(=O)O)C(=O)OC(C)CC)c1. The van der Waals surface area contributed by atoms with E-state index in [1.807, 2.05) is 25.1 Å². The van der Waals surface area contributed by atoms with E-state index in [0.29, 0.717) is 12.0 Å². The van der Waals surface area contributed by atoms with Gasteiger partial charge in [-0.1, -0.05) is 51.0 Å². The number of carboxylic acid groups (broad SMARTS) is 1. The Morgan fingerprint density at radius 2 is 1.96 bits per heavy atom. The van der Waals surface area contributed by atoms with Crippen molar-refractivity contribution < 1.29 is 19.4 Å². The molecule has 0 fully saturated rings. The summed E-state index contributed by atoms with van der Waals surface area (Å²) in [6.45, 7) is 7.22. The first-order chi connectivity index (χ1) is 10.9. The predicted molar refractivity (Wildman–Crippen MR) is 90.5 cm³/mol. The van der Waals surface area contributed by atoms with Crippen molar-refractivity contribution in [3.63, 3.8) is 0 Å². The maximum Gasteiger partial charge on any atom is 0.328 e. The first-order valence-corrected chi connectivity index (χ1v) is 8.40. The summed E-state index contributed by atoms with van der Waals surface area (Å²) in [5, 5.41) is 9.65. The van der Waals surface area contributed by atoms with Gasteiger partial charge in [0.15, 0.2) is 5.41 Å². The maximum atomic E-state index is 12.4. The molecule has 0 bridgehead atoms. The third kappa shape index (κ3) is 4.81. The van der Waals surface area contributed by atoms with E-state index >= 15 is 0 Å². The van der Waals surface area contributed by atoms with Gasteiger partial charge in [-0.3, -0.25) is 9.59 Å². The molecule has 0 amide bonds. The number of aryl methyl sites for hydroxylation is 1. The lowest BCUT2D eigenvalue weighted by atomic mass is 9.81. The van der Waals surface area contributed by atoms with Crippen LogP contribution < -0.4 is 0 Å². The fraction of sp³-hybridized carbons (Fsp3) is 0.579. The van der Waals surface area contributed by atoms with E-state index in [1.54, 1.807) is 13.0 Å². The van der Waals surface area contributed by atoms with Crippen LogP contribution in [0.4, 0.5) is 0 Å². The van der Waals surface area contributed by atoms with Gasteiger partial charge in [-0.25, -0.2) is 0 Å². The second kappa shape index (κ2) is 8.70. The van der Waals surface area contributed by atoms with Gasteiger partial charge in [0.1, 0.15) is 0 Å². The summed E-state index contributed by atoms with van der Waals surface area (Å²) in [6.07, 6.45) is 4.57. The van der Waals surface area contributed by atoms with Crippen LogP contribution in [-0.4, -0.2) is 23.1 Å². The number of carbonyl (C=O) groups excluding carboxylic acids is 1. The fourth-order valence-corrected chi connectivity index (χ4v) is 2.33. The van der Waals surface area contributed by atoms with Gasteiger partial charge in [-0.05, 0) is 44.2 Å². The normalized spacial score (nSPS) is 14.8. The Kier molecular flexibility index (Phi) is 7.27. The molecule has 128 valence electrons. The van der Waals surface area contributed by atoms with Gasteiger partial charge < -0.3 is 9.84 Å². The molecule has 0 saturated carbocycles. The lowest BCUT2D eigenvalue weighted by molar-refractivity contribution is -0.164. The molecule has 1 N–H and O–H groups in total. The number of ether oxygens (including phenoxy) is 1. The van der Waals surface area contributed by atoms with Crippen molar-refractivity contribution in [1.29, 1.82) is 0 Å². The molecule has 2 atom stereocenters. The van der Waals surface area contributed by atoms with Crippen LogP contribution in [0.25, 0.3) is 0 Å². The molecule has 0 aliphatic heterocycles. The summed E-state index contributed by atoms with van der Waals surface area (Å²) >= 11 is 0. The van der Waals surface area contributed by atoms with Crippen molar-refractivity contribution in [1.82, 2.24) is 0 Å². The van der Waals surface area contributed by atoms with Crippen LogP contribution >= 0.6 is 0 Å². The fourth-order valence-electron chi connectivity index (χ4n) is 2.33. The zero-order valence-corrected chi connectivity index (χ0v) is 14.6. The van der Waals surface area contributed by atoms with Gasteiger partial charge in [0.05, 0.1) is 6.10 Å². The second-order valence-electron chi connectivity index (χ2n) is 6.21. The van der Waals surface area contributed by atoms with E-state index in [0.717, 1.165) is 31.2 Å². The molecule has 0 spiro atoms. The summed E-state index contributed by atoms with van der Waals surface area (Å²) in [4.78, 5) is 24.2. The highest BCUT2D eigenvalue weighted by atomic mass is 16.5. The largest absolute Gasteiger partial charge is 0.480 e. The summed E-state index contributed by atoms with van der Waals surface area (Å²) < 4.78 is 5.30. The van der Waals surface area contributed by atoms with Crippen molar-refractivity contribution in [3.8, 4) is 0 Å². The van der Waals surface area contributed by atoms with Crippen LogP contribution in [0.3, 0.4) is 0 Å². The number of hydrogen-bond donors (Lipinski definition) is 1. The third-order valence-corrected chi connectivity index (χ3v) is 4.29. The van der Waals surface area contributed by atoms with Crippen LogP contribution in [0, 0.1) is 0 Å². The molecule has 0 aliphatic rings. The quantitative estimate of drug-likeness (QED) is 0.422. The van der Waals surface area contributed by atoms with Gasteiger partial charge in [-0.15, -0.1) is 0 Å². The first-order valence-electron chi connectivity index (χ1n) is 8.40. The van der Waals surface area contributed by atoms with E-state index in [4.69, 9.17) is 4.74 Å². The van der Waals surface area contributed by atoms with Crippen molar-refractivity contribution in [3.05, 3.63) is 35.4 Å². The molecule has 1 aromatic carbocycles. The lowest BCUT2D eigenvalue weighted by Crippen LogP contribution is -2.43. The van der Waals surface area contributed by atoms with E-state index in [1.165, 1.54) is 6.92 Å². The third-order valence-electron chi connectivity index (χ3n) is 4.29. The van der Waals surface area contributed by atoms with Crippen LogP contribution in [0.1, 0.15) is 64.5 Å². The van der Waals surface area contributed by atoms with Crippen molar-refractivity contribution in [2.75, 3.05) is 0 Å². The van der Waals surface area contributed by atoms with Crippen molar-refractivity contribution >= 4 is 11.9 Å². The minimum Gasteiger partial charge on any atom is -0.480 e. The number of carboxylic acids is 1. The summed E-state index contributed by atoms with van der Waals surface area (Å²) in [5.74, 6) is -1.89. The number of aliphatic carboxylic acids is 1. The van der Waals surface area contributed by atoms with Gasteiger partial charge in [0, 0.05) is 0 Å². The van der Waals surface area contributed by atoms with E-state index < -0.39 is 17.4 Å². The van der Waals surface area contributed by atoms with Gasteiger partial charge in [-0.2, -0.15) is 0 Å². The van der Waals surface area contributed by atoms with Crippen molar-refractivity contribution in [2.45, 2.75) is 71.3 Å². The van der Waals surface area contributed by atoms with Crippen LogP contribution in [-0.2, 0) is 26.2 Å². The van der Waals surface area contributed by atoms with E-state index in [-0.39, 0.29) is 6.10 Å². The Morgan fingerprint density at radius 3 is 2.52 bits per heavy atom. The average Bonchev–Trinajstić information content (AvgIpc) is 2.54. The monoisotopic (exact) mass is 320 g/mol. The average molecular weight is 320 g/mol. The highest BCUT2D eigenvalue weighted by Crippen LogP contribution is 2.28. The molecule has 1 aromatic rings. The molecule has 1 rings (SSSR count). The second-order valence-corrected chi connectivity index (χ2v) is 6.21. The standard InChI is InChI=1S/C19H28O4/c1-5-7-8-10-15-11-9-12-16(13-15)19(4,17(20)21)18(22)23-14(3)6-2/h9,11-14H,5-8,10H2,1-4H3,(H,20,21). The minimum atomic E-state index is -1.68.